The monoisotopic (exact) mass is 245 g/mol. The Bertz CT molecular complexity index is 357. The molecule has 1 aliphatic heterocycles. The van der Waals surface area contributed by atoms with E-state index in [4.69, 9.17) is 16.3 Å². The molecule has 1 N–H and O–H groups in total. The molecule has 0 saturated carbocycles. The van der Waals surface area contributed by atoms with Gasteiger partial charge in [-0.3, -0.25) is 15.2 Å². The van der Waals surface area contributed by atoms with Crippen molar-refractivity contribution in [2.75, 3.05) is 12.5 Å². The molecule has 88 valence electrons. The number of hydrogen-bond donors (Lipinski definition) is 1. The lowest BCUT2D eigenvalue weighted by Gasteiger charge is -2.31. The molecule has 0 radical (unpaired) electrons. The van der Waals surface area contributed by atoms with Gasteiger partial charge in [0.2, 0.25) is 6.04 Å². The highest BCUT2D eigenvalue weighted by atomic mass is 35.5. The first-order chi connectivity index (χ1) is 7.74. The van der Waals surface area contributed by atoms with Gasteiger partial charge in [0.1, 0.15) is 6.10 Å². The number of nitrogens with zero attached hydrogens (tertiary/aromatic N) is 2. The summed E-state index contributed by atoms with van der Waals surface area (Å²) in [5, 5.41) is 17.6. The highest BCUT2D eigenvalue weighted by Gasteiger charge is 2.42. The molecule has 0 bridgehead atoms. The van der Waals surface area contributed by atoms with Crippen LogP contribution in [-0.4, -0.2) is 33.6 Å². The Morgan fingerprint density at radius 1 is 1.75 bits per heavy atom. The van der Waals surface area contributed by atoms with Crippen molar-refractivity contribution in [1.82, 2.24) is 10.2 Å². The molecule has 2 rings (SSSR count). The van der Waals surface area contributed by atoms with Crippen LogP contribution in [0.5, 0.6) is 0 Å². The van der Waals surface area contributed by atoms with Gasteiger partial charge in [0.05, 0.1) is 18.2 Å². The maximum atomic E-state index is 10.9. The number of alkyl halides is 1. The number of rotatable bonds is 3. The highest BCUT2D eigenvalue weighted by Crippen LogP contribution is 2.34. The Morgan fingerprint density at radius 3 is 3.12 bits per heavy atom. The van der Waals surface area contributed by atoms with Crippen LogP contribution in [0, 0.1) is 16.0 Å². The van der Waals surface area contributed by atoms with Crippen molar-refractivity contribution in [3.05, 3.63) is 28.1 Å². The summed E-state index contributed by atoms with van der Waals surface area (Å²) in [7, 11) is 0. The number of hydrogen-bond acceptors (Lipinski definition) is 4. The first-order valence-electron chi connectivity index (χ1n) is 5.04. The van der Waals surface area contributed by atoms with Gasteiger partial charge in [-0.2, -0.15) is 5.10 Å². The van der Waals surface area contributed by atoms with Crippen molar-refractivity contribution in [2.45, 2.75) is 18.6 Å². The molecule has 1 aromatic rings. The number of ether oxygens (including phenoxy) is 1. The van der Waals surface area contributed by atoms with Crippen LogP contribution in [0.2, 0.25) is 0 Å². The summed E-state index contributed by atoms with van der Waals surface area (Å²) in [5.41, 5.74) is 0.678. The van der Waals surface area contributed by atoms with Gasteiger partial charge < -0.3 is 4.74 Å². The van der Waals surface area contributed by atoms with Gasteiger partial charge in [-0.1, -0.05) is 0 Å². The largest absolute Gasteiger partial charge is 0.371 e. The second-order valence-electron chi connectivity index (χ2n) is 3.75. The lowest BCUT2D eigenvalue weighted by molar-refractivity contribution is -0.540. The SMILES string of the molecule is O=[N+]([O-])C1CCOC(c2cc[nH]n2)C1CCl. The highest BCUT2D eigenvalue weighted by molar-refractivity contribution is 6.18. The fourth-order valence-corrected chi connectivity index (χ4v) is 2.40. The van der Waals surface area contributed by atoms with E-state index in [0.717, 1.165) is 0 Å². The van der Waals surface area contributed by atoms with Crippen molar-refractivity contribution in [2.24, 2.45) is 5.92 Å². The fraction of sp³-hybridized carbons (Fsp3) is 0.667. The lowest BCUT2D eigenvalue weighted by atomic mass is 9.89. The summed E-state index contributed by atoms with van der Waals surface area (Å²) in [6.45, 7) is 0.372. The average Bonchev–Trinajstić information content (AvgIpc) is 2.81. The molecule has 16 heavy (non-hydrogen) atoms. The van der Waals surface area contributed by atoms with Crippen LogP contribution >= 0.6 is 11.6 Å². The predicted octanol–water partition coefficient (Wildman–Crippen LogP) is 1.37. The zero-order chi connectivity index (χ0) is 11.5. The zero-order valence-electron chi connectivity index (χ0n) is 8.51. The van der Waals surface area contributed by atoms with E-state index in [2.05, 4.69) is 10.2 Å². The van der Waals surface area contributed by atoms with Gasteiger partial charge in [0.25, 0.3) is 0 Å². The van der Waals surface area contributed by atoms with E-state index < -0.39 is 6.04 Å². The Kier molecular flexibility index (Phi) is 3.40. The smallest absolute Gasteiger partial charge is 0.222 e. The molecule has 3 atom stereocenters. The number of halogens is 1. The van der Waals surface area contributed by atoms with E-state index in [9.17, 15) is 10.1 Å². The third kappa shape index (κ3) is 2.03. The minimum Gasteiger partial charge on any atom is -0.371 e. The molecule has 2 heterocycles. The van der Waals surface area contributed by atoms with Crippen LogP contribution in [-0.2, 0) is 4.74 Å². The molecule has 0 aliphatic carbocycles. The molecular formula is C9H12ClN3O3. The van der Waals surface area contributed by atoms with Crippen LogP contribution in [0.3, 0.4) is 0 Å². The van der Waals surface area contributed by atoms with E-state index in [0.29, 0.717) is 18.7 Å². The molecule has 0 spiro atoms. The maximum Gasteiger partial charge on any atom is 0.222 e. The molecule has 0 amide bonds. The maximum absolute atomic E-state index is 10.9. The van der Waals surface area contributed by atoms with Gasteiger partial charge in [-0.05, 0) is 6.07 Å². The topological polar surface area (TPSA) is 81.0 Å². The standard InChI is InChI=1S/C9H12ClN3O3/c10-5-6-8(13(14)15)2-4-16-9(6)7-1-3-11-12-7/h1,3,6,8-9H,2,4-5H2,(H,11,12). The summed E-state index contributed by atoms with van der Waals surface area (Å²) >= 11 is 5.81. The van der Waals surface area contributed by atoms with E-state index >= 15 is 0 Å². The third-order valence-electron chi connectivity index (χ3n) is 2.86. The first kappa shape index (κ1) is 11.3. The van der Waals surface area contributed by atoms with Crippen molar-refractivity contribution in [3.8, 4) is 0 Å². The van der Waals surface area contributed by atoms with E-state index in [1.54, 1.807) is 12.3 Å². The molecule has 1 fully saturated rings. The predicted molar refractivity (Wildman–Crippen MR) is 56.9 cm³/mol. The quantitative estimate of drug-likeness (QED) is 0.495. The number of aromatic nitrogens is 2. The van der Waals surface area contributed by atoms with Crippen LogP contribution in [0.15, 0.2) is 12.3 Å². The molecule has 3 unspecified atom stereocenters. The van der Waals surface area contributed by atoms with Crippen molar-refractivity contribution in [3.63, 3.8) is 0 Å². The third-order valence-corrected chi connectivity index (χ3v) is 3.21. The normalized spacial score (nSPS) is 30.2. The molecular weight excluding hydrogens is 234 g/mol. The Balaban J connectivity index is 2.21. The molecule has 7 heteroatoms. The second-order valence-corrected chi connectivity index (χ2v) is 4.06. The van der Waals surface area contributed by atoms with Crippen LogP contribution in [0.25, 0.3) is 0 Å². The van der Waals surface area contributed by atoms with Gasteiger partial charge >= 0.3 is 0 Å². The number of H-pyrrole nitrogens is 1. The van der Waals surface area contributed by atoms with Gasteiger partial charge in [0, 0.05) is 23.4 Å². The van der Waals surface area contributed by atoms with Crippen LogP contribution in [0.4, 0.5) is 0 Å². The number of nitrogens with one attached hydrogen (secondary N) is 1. The lowest BCUT2D eigenvalue weighted by Crippen LogP contribution is -2.40. The Morgan fingerprint density at radius 2 is 2.56 bits per heavy atom. The van der Waals surface area contributed by atoms with Crippen LogP contribution in [0.1, 0.15) is 18.2 Å². The van der Waals surface area contributed by atoms with Crippen molar-refractivity contribution in [1.29, 1.82) is 0 Å². The molecule has 1 aliphatic rings. The summed E-state index contributed by atoms with van der Waals surface area (Å²) in [6, 6.07) is 1.11. The number of nitro groups is 1. The number of aromatic amines is 1. The molecule has 1 aromatic heterocycles. The van der Waals surface area contributed by atoms with Crippen molar-refractivity contribution >= 4 is 11.6 Å². The average molecular weight is 246 g/mol. The minimum absolute atomic E-state index is 0.198. The van der Waals surface area contributed by atoms with E-state index in [-0.39, 0.29) is 22.8 Å². The van der Waals surface area contributed by atoms with Gasteiger partial charge in [0.15, 0.2) is 0 Å². The summed E-state index contributed by atoms with van der Waals surface area (Å²) in [5.74, 6) is -0.128. The Hall–Kier alpha value is -1.14. The molecule has 6 nitrogen and oxygen atoms in total. The fourth-order valence-electron chi connectivity index (χ4n) is 2.04. The summed E-state index contributed by atoms with van der Waals surface area (Å²) in [6.07, 6.45) is 1.69. The summed E-state index contributed by atoms with van der Waals surface area (Å²) in [4.78, 5) is 10.6. The summed E-state index contributed by atoms with van der Waals surface area (Å²) < 4.78 is 5.53. The second kappa shape index (κ2) is 4.80. The molecule has 1 saturated heterocycles. The van der Waals surface area contributed by atoms with Gasteiger partial charge in [-0.25, -0.2) is 0 Å². The van der Waals surface area contributed by atoms with Crippen LogP contribution < -0.4 is 0 Å². The minimum atomic E-state index is -0.645. The Labute approximate surface area is 97.1 Å². The zero-order valence-corrected chi connectivity index (χ0v) is 9.26. The molecule has 0 aromatic carbocycles. The van der Waals surface area contributed by atoms with Crippen molar-refractivity contribution < 1.29 is 9.66 Å². The van der Waals surface area contributed by atoms with E-state index in [1.807, 2.05) is 0 Å². The van der Waals surface area contributed by atoms with E-state index in [1.165, 1.54) is 0 Å². The van der Waals surface area contributed by atoms with Gasteiger partial charge in [-0.15, -0.1) is 11.6 Å². The first-order valence-corrected chi connectivity index (χ1v) is 5.58.